The molecule has 3 rings (SSSR count). The number of amides is 2. The van der Waals surface area contributed by atoms with Crippen LogP contribution in [0, 0.1) is 6.92 Å². The average Bonchev–Trinajstić information content (AvgIpc) is 3.09. The Kier molecular flexibility index (Phi) is 3.48. The smallest absolute Gasteiger partial charge is 0.270 e. The molecule has 0 unspecified atom stereocenters. The Morgan fingerprint density at radius 3 is 2.90 bits per heavy atom. The van der Waals surface area contributed by atoms with Gasteiger partial charge in [-0.3, -0.25) is 9.59 Å². The fraction of sp³-hybridized carbons (Fsp3) is 0.571. The molecule has 1 aromatic heterocycles. The molecule has 0 spiro atoms. The maximum absolute atomic E-state index is 12.6. The van der Waals surface area contributed by atoms with Crippen molar-refractivity contribution in [3.05, 3.63) is 17.5 Å². The third kappa shape index (κ3) is 2.55. The fourth-order valence-electron chi connectivity index (χ4n) is 2.85. The van der Waals surface area contributed by atoms with Gasteiger partial charge >= 0.3 is 0 Å². The summed E-state index contributed by atoms with van der Waals surface area (Å²) >= 11 is 0. The second-order valence-electron chi connectivity index (χ2n) is 5.48. The summed E-state index contributed by atoms with van der Waals surface area (Å²) in [6.07, 6.45) is 2.55. The van der Waals surface area contributed by atoms with Crippen molar-refractivity contribution in [3.63, 3.8) is 0 Å². The zero-order chi connectivity index (χ0) is 15.0. The van der Waals surface area contributed by atoms with Gasteiger partial charge in [0.1, 0.15) is 17.2 Å². The van der Waals surface area contributed by atoms with Gasteiger partial charge in [-0.15, -0.1) is 0 Å². The van der Waals surface area contributed by atoms with Crippen molar-refractivity contribution in [2.24, 2.45) is 5.10 Å². The van der Waals surface area contributed by atoms with Crippen LogP contribution in [0.15, 0.2) is 15.7 Å². The van der Waals surface area contributed by atoms with Gasteiger partial charge in [-0.25, -0.2) is 5.01 Å². The number of aromatic nitrogens is 1. The molecule has 112 valence electrons. The lowest BCUT2D eigenvalue weighted by molar-refractivity contribution is -0.130. The molecule has 1 fully saturated rings. The molecular weight excluding hydrogens is 272 g/mol. The first-order chi connectivity index (χ1) is 10.1. The molecule has 1 saturated heterocycles. The van der Waals surface area contributed by atoms with E-state index in [1.807, 2.05) is 13.0 Å². The second-order valence-corrected chi connectivity index (χ2v) is 5.48. The first-order valence-corrected chi connectivity index (χ1v) is 7.14. The van der Waals surface area contributed by atoms with E-state index in [1.54, 1.807) is 11.9 Å². The Labute approximate surface area is 122 Å². The summed E-state index contributed by atoms with van der Waals surface area (Å²) in [6.45, 7) is 2.52. The molecule has 0 saturated carbocycles. The Morgan fingerprint density at radius 2 is 2.24 bits per heavy atom. The zero-order valence-electron chi connectivity index (χ0n) is 12.2. The van der Waals surface area contributed by atoms with Gasteiger partial charge in [-0.1, -0.05) is 5.16 Å². The summed E-state index contributed by atoms with van der Waals surface area (Å²) in [5, 5.41) is 9.39. The molecule has 0 radical (unpaired) electrons. The standard InChI is InChI=1S/C14H18N4O3/c1-9-8-11(16-21-9)12-4-3-7-18(12)14(20)10-5-6-13(19)17(2)15-10/h8,12H,3-7H2,1-2H3/t12-/m1/s1. The summed E-state index contributed by atoms with van der Waals surface area (Å²) in [6, 6.07) is 1.81. The van der Waals surface area contributed by atoms with Crippen LogP contribution < -0.4 is 0 Å². The highest BCUT2D eigenvalue weighted by Crippen LogP contribution is 2.32. The van der Waals surface area contributed by atoms with Gasteiger partial charge in [0.25, 0.3) is 5.91 Å². The number of hydrogen-bond acceptors (Lipinski definition) is 5. The highest BCUT2D eigenvalue weighted by molar-refractivity contribution is 6.39. The minimum absolute atomic E-state index is 0.0550. The monoisotopic (exact) mass is 290 g/mol. The second kappa shape index (κ2) is 5.31. The van der Waals surface area contributed by atoms with Gasteiger partial charge < -0.3 is 9.42 Å². The number of rotatable bonds is 2. The first kappa shape index (κ1) is 13.8. The molecule has 1 aromatic rings. The van der Waals surface area contributed by atoms with Crippen molar-refractivity contribution >= 4 is 17.5 Å². The Morgan fingerprint density at radius 1 is 1.43 bits per heavy atom. The van der Waals surface area contributed by atoms with E-state index < -0.39 is 0 Å². The van der Waals surface area contributed by atoms with Crippen LogP contribution in [-0.2, 0) is 9.59 Å². The summed E-state index contributed by atoms with van der Waals surface area (Å²) in [4.78, 5) is 25.9. The predicted octanol–water partition coefficient (Wildman–Crippen LogP) is 1.25. The highest BCUT2D eigenvalue weighted by atomic mass is 16.5. The fourth-order valence-corrected chi connectivity index (χ4v) is 2.85. The van der Waals surface area contributed by atoms with Crippen LogP contribution >= 0.6 is 0 Å². The molecular formula is C14H18N4O3. The van der Waals surface area contributed by atoms with E-state index in [0.717, 1.165) is 24.3 Å². The van der Waals surface area contributed by atoms with Gasteiger partial charge in [0.2, 0.25) is 5.91 Å². The molecule has 3 heterocycles. The van der Waals surface area contributed by atoms with Crippen molar-refractivity contribution in [2.75, 3.05) is 13.6 Å². The molecule has 1 atom stereocenters. The normalized spacial score (nSPS) is 22.7. The summed E-state index contributed by atoms with van der Waals surface area (Å²) < 4.78 is 5.11. The van der Waals surface area contributed by atoms with E-state index in [-0.39, 0.29) is 17.9 Å². The molecule has 2 aliphatic heterocycles. The van der Waals surface area contributed by atoms with Crippen molar-refractivity contribution in [1.29, 1.82) is 0 Å². The number of hydrogen-bond donors (Lipinski definition) is 0. The van der Waals surface area contributed by atoms with Crippen LogP contribution in [0.25, 0.3) is 0 Å². The Balaban J connectivity index is 1.80. The van der Waals surface area contributed by atoms with Crippen molar-refractivity contribution < 1.29 is 14.1 Å². The molecule has 0 aromatic carbocycles. The number of likely N-dealkylation sites (tertiary alicyclic amines) is 1. The lowest BCUT2D eigenvalue weighted by atomic mass is 10.1. The number of carbonyl (C=O) groups is 2. The number of carbonyl (C=O) groups excluding carboxylic acids is 2. The molecule has 7 heteroatoms. The van der Waals surface area contributed by atoms with Gasteiger partial charge in [0.05, 0.1) is 6.04 Å². The van der Waals surface area contributed by atoms with Crippen LogP contribution in [0.1, 0.15) is 43.2 Å². The third-order valence-electron chi connectivity index (χ3n) is 3.96. The lowest BCUT2D eigenvalue weighted by Crippen LogP contribution is -2.40. The minimum Gasteiger partial charge on any atom is -0.361 e. The number of hydrazone groups is 1. The van der Waals surface area contributed by atoms with E-state index in [0.29, 0.717) is 25.1 Å². The van der Waals surface area contributed by atoms with Crippen LogP contribution in [0.4, 0.5) is 0 Å². The molecule has 2 amide bonds. The minimum atomic E-state index is -0.0995. The number of nitrogens with zero attached hydrogens (tertiary/aromatic N) is 4. The Bertz CT molecular complexity index is 607. The molecule has 7 nitrogen and oxygen atoms in total. The van der Waals surface area contributed by atoms with Gasteiger partial charge in [-0.2, -0.15) is 5.10 Å². The largest absolute Gasteiger partial charge is 0.361 e. The molecule has 0 bridgehead atoms. The Hall–Kier alpha value is -2.18. The molecule has 2 aliphatic rings. The average molecular weight is 290 g/mol. The predicted molar refractivity (Wildman–Crippen MR) is 74.4 cm³/mol. The zero-order valence-corrected chi connectivity index (χ0v) is 12.2. The number of aryl methyl sites for hydroxylation is 1. The van der Waals surface area contributed by atoms with Crippen molar-refractivity contribution in [1.82, 2.24) is 15.1 Å². The lowest BCUT2D eigenvalue weighted by Gasteiger charge is -2.26. The summed E-state index contributed by atoms with van der Waals surface area (Å²) in [7, 11) is 1.58. The van der Waals surface area contributed by atoms with Gasteiger partial charge in [0, 0.05) is 32.5 Å². The summed E-state index contributed by atoms with van der Waals surface area (Å²) in [5.74, 6) is 0.582. The van der Waals surface area contributed by atoms with Crippen molar-refractivity contribution in [3.8, 4) is 0 Å². The summed E-state index contributed by atoms with van der Waals surface area (Å²) in [5.41, 5.74) is 1.24. The molecule has 0 aliphatic carbocycles. The topological polar surface area (TPSA) is 79.0 Å². The highest BCUT2D eigenvalue weighted by Gasteiger charge is 2.35. The van der Waals surface area contributed by atoms with Gasteiger partial charge in [-0.05, 0) is 19.8 Å². The quantitative estimate of drug-likeness (QED) is 0.821. The van der Waals surface area contributed by atoms with E-state index in [1.165, 1.54) is 5.01 Å². The third-order valence-corrected chi connectivity index (χ3v) is 3.96. The maximum atomic E-state index is 12.6. The van der Waals surface area contributed by atoms with Crippen LogP contribution in [-0.4, -0.2) is 46.2 Å². The van der Waals surface area contributed by atoms with Crippen LogP contribution in [0.3, 0.4) is 0 Å². The van der Waals surface area contributed by atoms with E-state index in [4.69, 9.17) is 4.52 Å². The molecule has 21 heavy (non-hydrogen) atoms. The van der Waals surface area contributed by atoms with Crippen LogP contribution in [0.5, 0.6) is 0 Å². The SMILES string of the molecule is Cc1cc([C@H]2CCCN2C(=O)C2=NN(C)C(=O)CC2)no1. The van der Waals surface area contributed by atoms with Crippen molar-refractivity contribution in [2.45, 2.75) is 38.6 Å². The van der Waals surface area contributed by atoms with Gasteiger partial charge in [0.15, 0.2) is 0 Å². The van der Waals surface area contributed by atoms with Crippen LogP contribution in [0.2, 0.25) is 0 Å². The molecule has 0 N–H and O–H groups in total. The van der Waals surface area contributed by atoms with E-state index in [2.05, 4.69) is 10.3 Å². The van der Waals surface area contributed by atoms with E-state index >= 15 is 0 Å². The maximum Gasteiger partial charge on any atom is 0.270 e. The first-order valence-electron chi connectivity index (χ1n) is 7.14. The van der Waals surface area contributed by atoms with E-state index in [9.17, 15) is 9.59 Å².